The number of likely N-dealkylation sites (tertiary alicyclic amines) is 1. The van der Waals surface area contributed by atoms with Crippen molar-refractivity contribution in [3.8, 4) is 0 Å². The molecule has 0 bridgehead atoms. The van der Waals surface area contributed by atoms with Crippen molar-refractivity contribution in [3.63, 3.8) is 0 Å². The van der Waals surface area contributed by atoms with Crippen LogP contribution in [0.3, 0.4) is 0 Å². The molecule has 2 atom stereocenters. The molecule has 1 saturated heterocycles. The molecule has 1 N–H and O–H groups in total. The summed E-state index contributed by atoms with van der Waals surface area (Å²) in [6, 6.07) is 10.5. The molecule has 0 radical (unpaired) electrons. The molecule has 0 spiro atoms. The molecule has 2 heteroatoms. The van der Waals surface area contributed by atoms with Gasteiger partial charge in [-0.2, -0.15) is 0 Å². The molecule has 0 saturated carbocycles. The molecule has 1 aromatic carbocycles. The van der Waals surface area contributed by atoms with E-state index in [-0.39, 0.29) is 6.10 Å². The van der Waals surface area contributed by atoms with E-state index in [0.717, 1.165) is 26.1 Å². The van der Waals surface area contributed by atoms with E-state index >= 15 is 0 Å². The Hall–Kier alpha value is -1.12. The van der Waals surface area contributed by atoms with Crippen LogP contribution in [-0.2, 0) is 6.54 Å². The van der Waals surface area contributed by atoms with Crippen LogP contribution in [0.15, 0.2) is 43.0 Å². The monoisotopic (exact) mass is 231 g/mol. The zero-order valence-electron chi connectivity index (χ0n) is 10.3. The minimum absolute atomic E-state index is 0.352. The number of rotatable bonds is 4. The van der Waals surface area contributed by atoms with Crippen molar-refractivity contribution < 1.29 is 5.11 Å². The standard InChI is InChI=1S/C15H21NO/c1-2-15(17)14-9-6-10-16(12-14)11-13-7-4-3-5-8-13/h2-5,7-8,14-15,17H,1,6,9-12H2. The number of aliphatic hydroxyl groups is 1. The summed E-state index contributed by atoms with van der Waals surface area (Å²) in [5, 5.41) is 9.82. The molecule has 92 valence electrons. The highest BCUT2D eigenvalue weighted by Gasteiger charge is 2.24. The molecular formula is C15H21NO. The highest BCUT2D eigenvalue weighted by atomic mass is 16.3. The Morgan fingerprint density at radius 2 is 2.18 bits per heavy atom. The lowest BCUT2D eigenvalue weighted by atomic mass is 9.92. The molecule has 1 aliphatic heterocycles. The molecule has 1 fully saturated rings. The predicted octanol–water partition coefficient (Wildman–Crippen LogP) is 2.45. The van der Waals surface area contributed by atoms with Gasteiger partial charge in [-0.25, -0.2) is 0 Å². The number of nitrogens with zero attached hydrogens (tertiary/aromatic N) is 1. The molecule has 2 nitrogen and oxygen atoms in total. The quantitative estimate of drug-likeness (QED) is 0.805. The van der Waals surface area contributed by atoms with Crippen LogP contribution in [0.5, 0.6) is 0 Å². The Morgan fingerprint density at radius 1 is 1.41 bits per heavy atom. The van der Waals surface area contributed by atoms with E-state index in [0.29, 0.717) is 5.92 Å². The number of hydrogen-bond acceptors (Lipinski definition) is 2. The van der Waals surface area contributed by atoms with E-state index in [1.54, 1.807) is 6.08 Å². The Morgan fingerprint density at radius 3 is 2.88 bits per heavy atom. The summed E-state index contributed by atoms with van der Waals surface area (Å²) in [5.74, 6) is 0.352. The fourth-order valence-corrected chi connectivity index (χ4v) is 2.55. The third-order valence-electron chi connectivity index (χ3n) is 3.52. The smallest absolute Gasteiger partial charge is 0.0758 e. The van der Waals surface area contributed by atoms with Crippen molar-refractivity contribution in [1.82, 2.24) is 4.90 Å². The van der Waals surface area contributed by atoms with Gasteiger partial charge in [0.05, 0.1) is 6.10 Å². The van der Waals surface area contributed by atoms with E-state index in [1.165, 1.54) is 12.0 Å². The van der Waals surface area contributed by atoms with Gasteiger partial charge in [-0.1, -0.05) is 36.4 Å². The molecule has 1 heterocycles. The fourth-order valence-electron chi connectivity index (χ4n) is 2.55. The first kappa shape index (κ1) is 12.3. The van der Waals surface area contributed by atoms with E-state index in [9.17, 15) is 5.11 Å². The summed E-state index contributed by atoms with van der Waals surface area (Å²) >= 11 is 0. The van der Waals surface area contributed by atoms with Crippen molar-refractivity contribution in [2.45, 2.75) is 25.5 Å². The highest BCUT2D eigenvalue weighted by molar-refractivity contribution is 5.14. The first-order valence-electron chi connectivity index (χ1n) is 6.36. The van der Waals surface area contributed by atoms with Crippen LogP contribution >= 0.6 is 0 Å². The van der Waals surface area contributed by atoms with Crippen LogP contribution < -0.4 is 0 Å². The Bertz CT molecular complexity index is 349. The van der Waals surface area contributed by atoms with Gasteiger partial charge in [0.1, 0.15) is 0 Å². The average Bonchev–Trinajstić information content (AvgIpc) is 2.39. The molecule has 0 amide bonds. The van der Waals surface area contributed by atoms with Crippen LogP contribution in [0.2, 0.25) is 0 Å². The number of hydrogen-bond donors (Lipinski definition) is 1. The molecule has 0 aliphatic carbocycles. The molecule has 2 unspecified atom stereocenters. The molecular weight excluding hydrogens is 210 g/mol. The van der Waals surface area contributed by atoms with Gasteiger partial charge in [-0.15, -0.1) is 6.58 Å². The lowest BCUT2D eigenvalue weighted by Crippen LogP contribution is -2.39. The minimum Gasteiger partial charge on any atom is -0.389 e. The summed E-state index contributed by atoms with van der Waals surface area (Å²) in [6.45, 7) is 6.77. The SMILES string of the molecule is C=CC(O)C1CCCN(Cc2ccccc2)C1. The van der Waals surface area contributed by atoms with Crippen molar-refractivity contribution in [1.29, 1.82) is 0 Å². The highest BCUT2D eigenvalue weighted by Crippen LogP contribution is 2.21. The Labute approximate surface area is 104 Å². The van der Waals surface area contributed by atoms with Gasteiger partial charge < -0.3 is 5.11 Å². The maximum absolute atomic E-state index is 9.82. The van der Waals surface area contributed by atoms with Crippen molar-refractivity contribution >= 4 is 0 Å². The fraction of sp³-hybridized carbons (Fsp3) is 0.467. The zero-order valence-corrected chi connectivity index (χ0v) is 10.3. The molecule has 2 rings (SSSR count). The average molecular weight is 231 g/mol. The zero-order chi connectivity index (χ0) is 12.1. The second-order valence-corrected chi connectivity index (χ2v) is 4.85. The summed E-state index contributed by atoms with van der Waals surface area (Å²) in [5.41, 5.74) is 1.35. The maximum Gasteiger partial charge on any atom is 0.0758 e. The summed E-state index contributed by atoms with van der Waals surface area (Å²) in [6.07, 6.45) is 3.59. The second-order valence-electron chi connectivity index (χ2n) is 4.85. The lowest BCUT2D eigenvalue weighted by Gasteiger charge is -2.34. The third kappa shape index (κ3) is 3.42. The number of aliphatic hydroxyl groups excluding tert-OH is 1. The van der Waals surface area contributed by atoms with Gasteiger partial charge in [-0.3, -0.25) is 4.90 Å². The van der Waals surface area contributed by atoms with E-state index in [1.807, 2.05) is 6.07 Å². The van der Waals surface area contributed by atoms with Gasteiger partial charge in [0.2, 0.25) is 0 Å². The molecule has 1 aliphatic rings. The van der Waals surface area contributed by atoms with Crippen LogP contribution in [-0.4, -0.2) is 29.2 Å². The largest absolute Gasteiger partial charge is 0.389 e. The normalized spacial score (nSPS) is 23.2. The van der Waals surface area contributed by atoms with Crippen molar-refractivity contribution in [2.75, 3.05) is 13.1 Å². The first-order valence-corrected chi connectivity index (χ1v) is 6.36. The minimum atomic E-state index is -0.353. The topological polar surface area (TPSA) is 23.5 Å². The summed E-state index contributed by atoms with van der Waals surface area (Å²) in [4.78, 5) is 2.43. The van der Waals surface area contributed by atoms with Crippen LogP contribution in [0.25, 0.3) is 0 Å². The van der Waals surface area contributed by atoms with E-state index in [4.69, 9.17) is 0 Å². The number of piperidine rings is 1. The van der Waals surface area contributed by atoms with Gasteiger partial charge in [0, 0.05) is 19.0 Å². The Balaban J connectivity index is 1.91. The van der Waals surface area contributed by atoms with Crippen molar-refractivity contribution in [3.05, 3.63) is 48.6 Å². The maximum atomic E-state index is 9.82. The second kappa shape index (κ2) is 5.99. The molecule has 1 aromatic rings. The van der Waals surface area contributed by atoms with Crippen LogP contribution in [0, 0.1) is 5.92 Å². The van der Waals surface area contributed by atoms with Crippen LogP contribution in [0.4, 0.5) is 0 Å². The first-order chi connectivity index (χ1) is 8.29. The predicted molar refractivity (Wildman–Crippen MR) is 70.6 cm³/mol. The molecule has 17 heavy (non-hydrogen) atoms. The van der Waals surface area contributed by atoms with Gasteiger partial charge in [-0.05, 0) is 24.9 Å². The summed E-state index contributed by atoms with van der Waals surface area (Å²) in [7, 11) is 0. The van der Waals surface area contributed by atoms with E-state index in [2.05, 4.69) is 35.7 Å². The third-order valence-corrected chi connectivity index (χ3v) is 3.52. The van der Waals surface area contributed by atoms with Gasteiger partial charge >= 0.3 is 0 Å². The summed E-state index contributed by atoms with van der Waals surface area (Å²) < 4.78 is 0. The van der Waals surface area contributed by atoms with Gasteiger partial charge in [0.25, 0.3) is 0 Å². The van der Waals surface area contributed by atoms with Crippen LogP contribution in [0.1, 0.15) is 18.4 Å². The Kier molecular flexibility index (Phi) is 4.35. The lowest BCUT2D eigenvalue weighted by molar-refractivity contribution is 0.0765. The van der Waals surface area contributed by atoms with E-state index < -0.39 is 0 Å². The number of benzene rings is 1. The van der Waals surface area contributed by atoms with Gasteiger partial charge in [0.15, 0.2) is 0 Å². The molecule has 0 aromatic heterocycles. The van der Waals surface area contributed by atoms with Crippen molar-refractivity contribution in [2.24, 2.45) is 5.92 Å².